The van der Waals surface area contributed by atoms with Crippen molar-refractivity contribution in [3.05, 3.63) is 66.6 Å². The third-order valence-electron chi connectivity index (χ3n) is 5.83. The van der Waals surface area contributed by atoms with Gasteiger partial charge in [0, 0.05) is 43.8 Å². The first kappa shape index (κ1) is 21.5. The number of hydrogen-bond donors (Lipinski definition) is 1. The van der Waals surface area contributed by atoms with Crippen LogP contribution in [0.2, 0.25) is 0 Å². The lowest BCUT2D eigenvalue weighted by atomic mass is 9.97. The number of halogens is 1. The lowest BCUT2D eigenvalue weighted by Crippen LogP contribution is -2.43. The number of carbonyl (C=O) groups is 1. The van der Waals surface area contributed by atoms with E-state index in [1.54, 1.807) is 0 Å². The molecular weight excluding hydrogens is 417 g/mol. The summed E-state index contributed by atoms with van der Waals surface area (Å²) < 4.78 is 42.0. The van der Waals surface area contributed by atoms with Crippen LogP contribution in [0.25, 0.3) is 10.9 Å². The van der Waals surface area contributed by atoms with Crippen molar-refractivity contribution in [1.82, 2.24) is 14.2 Å². The first-order valence-corrected chi connectivity index (χ1v) is 12.0. The SMILES string of the molecule is O=C(NCCCn1ccc2ccccc21)C1CCN(S(=O)(=O)c2ccc(F)cc2)CC1. The van der Waals surface area contributed by atoms with Gasteiger partial charge in [-0.1, -0.05) is 18.2 Å². The van der Waals surface area contributed by atoms with E-state index in [1.807, 2.05) is 12.1 Å². The Morgan fingerprint density at radius 2 is 1.74 bits per heavy atom. The van der Waals surface area contributed by atoms with E-state index in [0.717, 1.165) is 25.1 Å². The van der Waals surface area contributed by atoms with Gasteiger partial charge in [0.2, 0.25) is 15.9 Å². The third kappa shape index (κ3) is 4.80. The van der Waals surface area contributed by atoms with E-state index in [0.29, 0.717) is 19.4 Å². The van der Waals surface area contributed by atoms with Crippen molar-refractivity contribution in [3.63, 3.8) is 0 Å². The van der Waals surface area contributed by atoms with Gasteiger partial charge < -0.3 is 9.88 Å². The van der Waals surface area contributed by atoms with Crippen molar-refractivity contribution in [1.29, 1.82) is 0 Å². The molecule has 0 spiro atoms. The van der Waals surface area contributed by atoms with Gasteiger partial charge in [0.25, 0.3) is 0 Å². The average molecular weight is 444 g/mol. The van der Waals surface area contributed by atoms with Crippen LogP contribution in [0.3, 0.4) is 0 Å². The molecular formula is C23H26FN3O3S. The molecule has 1 aromatic heterocycles. The second-order valence-electron chi connectivity index (χ2n) is 7.84. The van der Waals surface area contributed by atoms with Gasteiger partial charge in [0.15, 0.2) is 0 Å². The molecule has 1 N–H and O–H groups in total. The highest BCUT2D eigenvalue weighted by Gasteiger charge is 2.31. The molecule has 1 aliphatic heterocycles. The van der Waals surface area contributed by atoms with Gasteiger partial charge in [0.05, 0.1) is 4.90 Å². The summed E-state index contributed by atoms with van der Waals surface area (Å²) in [5.41, 5.74) is 1.18. The minimum absolute atomic E-state index is 0.0174. The summed E-state index contributed by atoms with van der Waals surface area (Å²) in [5, 5.41) is 4.20. The van der Waals surface area contributed by atoms with E-state index in [4.69, 9.17) is 0 Å². The monoisotopic (exact) mass is 443 g/mol. The highest BCUT2D eigenvalue weighted by Crippen LogP contribution is 2.24. The predicted octanol–water partition coefficient (Wildman–Crippen LogP) is 3.39. The fraction of sp³-hybridized carbons (Fsp3) is 0.348. The molecule has 0 aliphatic carbocycles. The van der Waals surface area contributed by atoms with Crippen molar-refractivity contribution in [3.8, 4) is 0 Å². The normalized spacial score (nSPS) is 15.9. The Bertz CT molecular complexity index is 1150. The molecule has 4 rings (SSSR count). The second-order valence-corrected chi connectivity index (χ2v) is 9.78. The molecule has 6 nitrogen and oxygen atoms in total. The summed E-state index contributed by atoms with van der Waals surface area (Å²) in [6.45, 7) is 1.97. The molecule has 1 amide bonds. The van der Waals surface area contributed by atoms with Gasteiger partial charge in [-0.2, -0.15) is 4.31 Å². The van der Waals surface area contributed by atoms with Crippen molar-refractivity contribution in [2.24, 2.45) is 5.92 Å². The number of carbonyl (C=O) groups excluding carboxylic acids is 1. The van der Waals surface area contributed by atoms with Crippen LogP contribution in [0.15, 0.2) is 65.7 Å². The highest BCUT2D eigenvalue weighted by molar-refractivity contribution is 7.89. The predicted molar refractivity (Wildman–Crippen MR) is 117 cm³/mol. The fourth-order valence-corrected chi connectivity index (χ4v) is 5.52. The molecule has 0 radical (unpaired) electrons. The lowest BCUT2D eigenvalue weighted by Gasteiger charge is -2.30. The van der Waals surface area contributed by atoms with Crippen molar-refractivity contribution in [2.75, 3.05) is 19.6 Å². The number of amides is 1. The Hall–Kier alpha value is -2.71. The molecule has 2 heterocycles. The summed E-state index contributed by atoms with van der Waals surface area (Å²) in [5.74, 6) is -0.678. The van der Waals surface area contributed by atoms with Gasteiger partial charge in [-0.05, 0) is 61.0 Å². The maximum Gasteiger partial charge on any atom is 0.243 e. The number of sulfonamides is 1. The zero-order valence-electron chi connectivity index (χ0n) is 17.2. The Morgan fingerprint density at radius 3 is 2.48 bits per heavy atom. The van der Waals surface area contributed by atoms with E-state index in [2.05, 4.69) is 34.3 Å². The van der Waals surface area contributed by atoms with Crippen molar-refractivity contribution < 1.29 is 17.6 Å². The van der Waals surface area contributed by atoms with Gasteiger partial charge in [0.1, 0.15) is 5.82 Å². The molecule has 31 heavy (non-hydrogen) atoms. The summed E-state index contributed by atoms with van der Waals surface area (Å²) in [6, 6.07) is 15.1. The maximum absolute atomic E-state index is 13.1. The number of aryl methyl sites for hydroxylation is 1. The summed E-state index contributed by atoms with van der Waals surface area (Å²) in [7, 11) is -3.66. The lowest BCUT2D eigenvalue weighted by molar-refractivity contribution is -0.126. The molecule has 0 bridgehead atoms. The number of nitrogens with one attached hydrogen (secondary N) is 1. The van der Waals surface area contributed by atoms with Gasteiger partial charge in [-0.15, -0.1) is 0 Å². The number of fused-ring (bicyclic) bond motifs is 1. The van der Waals surface area contributed by atoms with E-state index in [1.165, 1.54) is 27.3 Å². The minimum atomic E-state index is -3.66. The molecule has 0 atom stereocenters. The van der Waals surface area contributed by atoms with Crippen LogP contribution in [-0.2, 0) is 21.4 Å². The zero-order chi connectivity index (χ0) is 21.8. The van der Waals surface area contributed by atoms with Crippen LogP contribution >= 0.6 is 0 Å². The smallest absolute Gasteiger partial charge is 0.243 e. The molecule has 2 aromatic carbocycles. The third-order valence-corrected chi connectivity index (χ3v) is 7.74. The Balaban J connectivity index is 1.23. The van der Waals surface area contributed by atoms with E-state index in [-0.39, 0.29) is 29.8 Å². The number of aromatic nitrogens is 1. The first-order chi connectivity index (χ1) is 14.9. The highest BCUT2D eigenvalue weighted by atomic mass is 32.2. The fourth-order valence-electron chi connectivity index (χ4n) is 4.05. The second kappa shape index (κ2) is 9.20. The Labute approximate surface area is 181 Å². The van der Waals surface area contributed by atoms with Crippen molar-refractivity contribution in [2.45, 2.75) is 30.7 Å². The van der Waals surface area contributed by atoms with E-state index < -0.39 is 15.8 Å². The standard InChI is InChI=1S/C23H26FN3O3S/c24-20-6-8-21(9-7-20)31(29,30)27-16-11-19(12-17-27)23(28)25-13-3-14-26-15-10-18-4-1-2-5-22(18)26/h1-2,4-10,15,19H,3,11-14,16-17H2,(H,25,28). The first-order valence-electron chi connectivity index (χ1n) is 10.5. The van der Waals surface area contributed by atoms with Crippen molar-refractivity contribution >= 4 is 26.8 Å². The number of benzene rings is 2. The summed E-state index contributed by atoms with van der Waals surface area (Å²) in [6.07, 6.45) is 3.84. The average Bonchev–Trinajstić information content (AvgIpc) is 3.20. The number of hydrogen-bond acceptors (Lipinski definition) is 3. The zero-order valence-corrected chi connectivity index (χ0v) is 18.0. The number of nitrogens with zero attached hydrogens (tertiary/aromatic N) is 2. The van der Waals surface area contributed by atoms with Crippen LogP contribution in [0.4, 0.5) is 4.39 Å². The van der Waals surface area contributed by atoms with Gasteiger partial charge in [-0.25, -0.2) is 12.8 Å². The molecule has 0 unspecified atom stereocenters. The molecule has 164 valence electrons. The number of para-hydroxylation sites is 1. The van der Waals surface area contributed by atoms with Crippen LogP contribution in [0, 0.1) is 11.7 Å². The summed E-state index contributed by atoms with van der Waals surface area (Å²) >= 11 is 0. The van der Waals surface area contributed by atoms with Gasteiger partial charge in [-0.3, -0.25) is 4.79 Å². The van der Waals surface area contributed by atoms with Crippen LogP contribution < -0.4 is 5.32 Å². The largest absolute Gasteiger partial charge is 0.356 e. The Morgan fingerprint density at radius 1 is 1.03 bits per heavy atom. The molecule has 1 fully saturated rings. The Kier molecular flexibility index (Phi) is 6.38. The van der Waals surface area contributed by atoms with Crippen LogP contribution in [0.1, 0.15) is 19.3 Å². The number of piperidine rings is 1. The molecule has 1 aliphatic rings. The topological polar surface area (TPSA) is 71.4 Å². The quantitative estimate of drug-likeness (QED) is 0.569. The van der Waals surface area contributed by atoms with E-state index >= 15 is 0 Å². The maximum atomic E-state index is 13.1. The van der Waals surface area contributed by atoms with Crippen LogP contribution in [-0.4, -0.2) is 42.8 Å². The number of rotatable bonds is 7. The van der Waals surface area contributed by atoms with E-state index in [9.17, 15) is 17.6 Å². The van der Waals surface area contributed by atoms with Crippen LogP contribution in [0.5, 0.6) is 0 Å². The minimum Gasteiger partial charge on any atom is -0.356 e. The van der Waals surface area contributed by atoms with Gasteiger partial charge >= 0.3 is 0 Å². The molecule has 1 saturated heterocycles. The summed E-state index contributed by atoms with van der Waals surface area (Å²) in [4.78, 5) is 12.6. The molecule has 0 saturated carbocycles. The molecule has 3 aromatic rings. The molecule has 8 heteroatoms.